The lowest BCUT2D eigenvalue weighted by Gasteiger charge is -2.05. The molecule has 0 unspecified atom stereocenters. The molecule has 0 bridgehead atoms. The van der Waals surface area contributed by atoms with E-state index in [0.717, 1.165) is 11.1 Å². The Kier molecular flexibility index (Phi) is 2.50. The molecule has 2 nitrogen and oxygen atoms in total. The van der Waals surface area contributed by atoms with E-state index in [1.807, 2.05) is 36.4 Å². The number of nitrogens with two attached hydrogens (primary N) is 1. The summed E-state index contributed by atoms with van der Waals surface area (Å²) in [7, 11) is 0. The molecule has 0 spiro atoms. The zero-order valence-electron chi connectivity index (χ0n) is 8.10. The lowest BCUT2D eigenvalue weighted by molar-refractivity contribution is 0.100. The minimum Gasteiger partial charge on any atom is -0.366 e. The number of hydrogen-bond donors (Lipinski definition) is 1. The normalized spacial score (nSPS) is 9.87. The molecule has 0 aliphatic rings. The van der Waals surface area contributed by atoms with Crippen LogP contribution in [-0.4, -0.2) is 5.91 Å². The van der Waals surface area contributed by atoms with Crippen molar-refractivity contribution in [3.8, 4) is 11.1 Å². The van der Waals surface area contributed by atoms with Crippen LogP contribution >= 0.6 is 0 Å². The molecule has 73 valence electrons. The second-order valence-corrected chi connectivity index (χ2v) is 3.20. The summed E-state index contributed by atoms with van der Waals surface area (Å²) in [6.07, 6.45) is 0. The van der Waals surface area contributed by atoms with Crippen molar-refractivity contribution in [3.63, 3.8) is 0 Å². The van der Waals surface area contributed by atoms with Crippen LogP contribution in [0.5, 0.6) is 0 Å². The molecule has 2 aromatic carbocycles. The second kappa shape index (κ2) is 3.96. The summed E-state index contributed by atoms with van der Waals surface area (Å²) in [6.45, 7) is 0. The molecule has 1 amide bonds. The fourth-order valence-corrected chi connectivity index (χ4v) is 1.50. The van der Waals surface area contributed by atoms with Gasteiger partial charge in [0.25, 0.3) is 0 Å². The van der Waals surface area contributed by atoms with Crippen LogP contribution in [0.2, 0.25) is 0 Å². The van der Waals surface area contributed by atoms with E-state index in [4.69, 9.17) is 5.73 Å². The molecule has 0 saturated carbocycles. The van der Waals surface area contributed by atoms with Gasteiger partial charge >= 0.3 is 0 Å². The zero-order valence-corrected chi connectivity index (χ0v) is 8.10. The number of benzene rings is 2. The van der Waals surface area contributed by atoms with Crippen LogP contribution in [0, 0.1) is 6.07 Å². The van der Waals surface area contributed by atoms with Gasteiger partial charge in [0.05, 0.1) is 0 Å². The molecule has 2 aromatic rings. The number of carbonyl (C=O) groups is 1. The first-order valence-electron chi connectivity index (χ1n) is 4.64. The van der Waals surface area contributed by atoms with E-state index in [1.54, 1.807) is 12.1 Å². The average Bonchev–Trinajstić information content (AvgIpc) is 2.30. The molecule has 0 aromatic heterocycles. The molecule has 2 heteroatoms. The van der Waals surface area contributed by atoms with Gasteiger partial charge in [-0.25, -0.2) is 0 Å². The standard InChI is InChI=1S/C13H10NO/c14-13(15)12-9-5-4-8-11(12)10-6-2-1-3-7-10/h1-4,6-9H,(H2,14,15). The topological polar surface area (TPSA) is 43.1 Å². The molecular weight excluding hydrogens is 186 g/mol. The lowest BCUT2D eigenvalue weighted by atomic mass is 9.99. The molecule has 2 rings (SSSR count). The van der Waals surface area contributed by atoms with Gasteiger partial charge in [-0.3, -0.25) is 4.79 Å². The van der Waals surface area contributed by atoms with Crippen LogP contribution < -0.4 is 5.73 Å². The van der Waals surface area contributed by atoms with E-state index >= 15 is 0 Å². The average molecular weight is 196 g/mol. The highest BCUT2D eigenvalue weighted by Crippen LogP contribution is 2.22. The monoisotopic (exact) mass is 196 g/mol. The Labute approximate surface area is 88.4 Å². The Balaban J connectivity index is 2.58. The van der Waals surface area contributed by atoms with Gasteiger partial charge in [-0.15, -0.1) is 0 Å². The fraction of sp³-hybridized carbons (Fsp3) is 0. The Hall–Kier alpha value is -2.09. The number of hydrogen-bond acceptors (Lipinski definition) is 1. The summed E-state index contributed by atoms with van der Waals surface area (Å²) in [6, 6.07) is 17.8. The highest BCUT2D eigenvalue weighted by Gasteiger charge is 2.07. The number of primary amides is 1. The highest BCUT2D eigenvalue weighted by atomic mass is 16.1. The minimum atomic E-state index is -0.425. The number of carbonyl (C=O) groups excluding carboxylic acids is 1. The third kappa shape index (κ3) is 1.89. The lowest BCUT2D eigenvalue weighted by Crippen LogP contribution is -2.12. The minimum absolute atomic E-state index is 0.425. The molecule has 2 N–H and O–H groups in total. The maximum atomic E-state index is 11.2. The van der Waals surface area contributed by atoms with E-state index in [0.29, 0.717) is 5.56 Å². The first-order chi connectivity index (χ1) is 7.29. The number of amides is 1. The summed E-state index contributed by atoms with van der Waals surface area (Å²) in [5, 5.41) is 0. The van der Waals surface area contributed by atoms with Crippen LogP contribution in [0.25, 0.3) is 11.1 Å². The van der Waals surface area contributed by atoms with E-state index < -0.39 is 5.91 Å². The summed E-state index contributed by atoms with van der Waals surface area (Å²) < 4.78 is 0. The van der Waals surface area contributed by atoms with Gasteiger partial charge in [-0.05, 0) is 23.3 Å². The predicted octanol–water partition coefficient (Wildman–Crippen LogP) is 2.25. The van der Waals surface area contributed by atoms with Crippen molar-refractivity contribution in [1.82, 2.24) is 0 Å². The largest absolute Gasteiger partial charge is 0.366 e. The van der Waals surface area contributed by atoms with Crippen LogP contribution in [0.1, 0.15) is 10.4 Å². The van der Waals surface area contributed by atoms with Gasteiger partial charge in [-0.1, -0.05) is 42.5 Å². The molecule has 0 atom stereocenters. The maximum Gasteiger partial charge on any atom is 0.249 e. The van der Waals surface area contributed by atoms with E-state index in [9.17, 15) is 4.79 Å². The van der Waals surface area contributed by atoms with Gasteiger partial charge < -0.3 is 5.73 Å². The SMILES string of the molecule is NC(=O)c1c[c]ccc1-c1ccccc1. The van der Waals surface area contributed by atoms with Crippen molar-refractivity contribution < 1.29 is 4.79 Å². The van der Waals surface area contributed by atoms with Crippen LogP contribution in [0.3, 0.4) is 0 Å². The molecule has 0 heterocycles. The molecule has 0 saturated heterocycles. The van der Waals surface area contributed by atoms with Gasteiger partial charge in [-0.2, -0.15) is 0 Å². The zero-order chi connectivity index (χ0) is 10.7. The van der Waals surface area contributed by atoms with Crippen molar-refractivity contribution in [2.75, 3.05) is 0 Å². The van der Waals surface area contributed by atoms with Crippen LogP contribution in [0.15, 0.2) is 48.5 Å². The first kappa shape index (κ1) is 9.46. The third-order valence-electron chi connectivity index (χ3n) is 2.21. The van der Waals surface area contributed by atoms with E-state index in [2.05, 4.69) is 6.07 Å². The Morgan fingerprint density at radius 3 is 2.53 bits per heavy atom. The summed E-state index contributed by atoms with van der Waals surface area (Å²) in [5.74, 6) is -0.425. The summed E-state index contributed by atoms with van der Waals surface area (Å²) >= 11 is 0. The Morgan fingerprint density at radius 1 is 1.13 bits per heavy atom. The summed E-state index contributed by atoms with van der Waals surface area (Å²) in [4.78, 5) is 11.2. The van der Waals surface area contributed by atoms with E-state index in [1.165, 1.54) is 0 Å². The molecule has 0 aliphatic heterocycles. The molecule has 1 radical (unpaired) electrons. The summed E-state index contributed by atoms with van der Waals surface area (Å²) in [5.41, 5.74) is 7.63. The van der Waals surface area contributed by atoms with Crippen molar-refractivity contribution >= 4 is 5.91 Å². The molecule has 0 aliphatic carbocycles. The van der Waals surface area contributed by atoms with Crippen molar-refractivity contribution in [2.24, 2.45) is 5.73 Å². The second-order valence-electron chi connectivity index (χ2n) is 3.20. The maximum absolute atomic E-state index is 11.2. The van der Waals surface area contributed by atoms with Gasteiger partial charge in [0.2, 0.25) is 5.91 Å². The fourth-order valence-electron chi connectivity index (χ4n) is 1.50. The van der Waals surface area contributed by atoms with Gasteiger partial charge in [0.1, 0.15) is 0 Å². The van der Waals surface area contributed by atoms with Gasteiger partial charge in [0, 0.05) is 5.56 Å². The van der Waals surface area contributed by atoms with Gasteiger partial charge in [0.15, 0.2) is 0 Å². The van der Waals surface area contributed by atoms with Crippen molar-refractivity contribution in [3.05, 3.63) is 60.2 Å². The predicted molar refractivity (Wildman–Crippen MR) is 59.2 cm³/mol. The number of rotatable bonds is 2. The van der Waals surface area contributed by atoms with E-state index in [-0.39, 0.29) is 0 Å². The first-order valence-corrected chi connectivity index (χ1v) is 4.64. The quantitative estimate of drug-likeness (QED) is 0.786. The molecular formula is C13H10NO. The van der Waals surface area contributed by atoms with Crippen LogP contribution in [0.4, 0.5) is 0 Å². The third-order valence-corrected chi connectivity index (χ3v) is 2.21. The highest BCUT2D eigenvalue weighted by molar-refractivity contribution is 5.99. The van der Waals surface area contributed by atoms with Crippen molar-refractivity contribution in [2.45, 2.75) is 0 Å². The molecule has 0 fully saturated rings. The Morgan fingerprint density at radius 2 is 1.87 bits per heavy atom. The van der Waals surface area contributed by atoms with Crippen LogP contribution in [-0.2, 0) is 0 Å². The molecule has 15 heavy (non-hydrogen) atoms. The van der Waals surface area contributed by atoms with Crippen molar-refractivity contribution in [1.29, 1.82) is 0 Å². The Bertz CT molecular complexity index is 477. The smallest absolute Gasteiger partial charge is 0.249 e.